The highest BCUT2D eigenvalue weighted by molar-refractivity contribution is 5.92. The van der Waals surface area contributed by atoms with Crippen molar-refractivity contribution in [2.75, 3.05) is 17.2 Å². The van der Waals surface area contributed by atoms with Gasteiger partial charge >= 0.3 is 0 Å². The number of carbonyl (C=O) groups excluding carboxylic acids is 1. The first-order valence-corrected chi connectivity index (χ1v) is 9.53. The van der Waals surface area contributed by atoms with Crippen molar-refractivity contribution in [1.29, 1.82) is 0 Å². The van der Waals surface area contributed by atoms with E-state index in [1.54, 1.807) is 17.1 Å². The number of hydrogen-bond acceptors (Lipinski definition) is 6. The van der Waals surface area contributed by atoms with Crippen LogP contribution in [0, 0.1) is 11.8 Å². The predicted octanol–water partition coefficient (Wildman–Crippen LogP) is 2.54. The zero-order chi connectivity index (χ0) is 20.6. The molecule has 2 heterocycles. The first-order valence-electron chi connectivity index (χ1n) is 9.53. The minimum atomic E-state index is -0.197. The number of anilines is 2. The Kier molecular flexibility index (Phi) is 6.76. The molecule has 0 spiro atoms. The van der Waals surface area contributed by atoms with Crippen molar-refractivity contribution in [3.05, 3.63) is 42.0 Å². The lowest BCUT2D eigenvalue weighted by molar-refractivity contribution is -0.114. The molecule has 1 amide bonds. The zero-order valence-electron chi connectivity index (χ0n) is 16.6. The van der Waals surface area contributed by atoms with E-state index in [0.29, 0.717) is 23.8 Å². The molecule has 3 N–H and O–H groups in total. The molecule has 0 aliphatic carbocycles. The Bertz CT molecular complexity index is 1060. The molecule has 0 fully saturated rings. The highest BCUT2D eigenvalue weighted by Gasteiger charge is 2.06. The highest BCUT2D eigenvalue weighted by atomic mass is 16.3. The Morgan fingerprint density at radius 1 is 1.31 bits per heavy atom. The van der Waals surface area contributed by atoms with Gasteiger partial charge in [0.05, 0.1) is 24.5 Å². The van der Waals surface area contributed by atoms with Gasteiger partial charge in [-0.15, -0.1) is 0 Å². The average Bonchev–Trinajstić information content (AvgIpc) is 3.10. The van der Waals surface area contributed by atoms with Crippen LogP contribution in [0.5, 0.6) is 0 Å². The van der Waals surface area contributed by atoms with Gasteiger partial charge in [0.15, 0.2) is 0 Å². The molecule has 3 rings (SSSR count). The van der Waals surface area contributed by atoms with Gasteiger partial charge in [0.2, 0.25) is 5.91 Å². The van der Waals surface area contributed by atoms with Crippen LogP contribution in [0.1, 0.15) is 38.1 Å². The lowest BCUT2D eigenvalue weighted by Crippen LogP contribution is -2.08. The average molecular weight is 392 g/mol. The van der Waals surface area contributed by atoms with E-state index in [0.717, 1.165) is 36.0 Å². The Labute approximate surface area is 169 Å². The Morgan fingerprint density at radius 3 is 2.93 bits per heavy atom. The number of aliphatic hydroxyl groups is 1. The maximum atomic E-state index is 11.2. The van der Waals surface area contributed by atoms with Gasteiger partial charge in [-0.05, 0) is 30.5 Å². The topological polar surface area (TPSA) is 105 Å². The molecule has 1 aromatic carbocycles. The van der Waals surface area contributed by atoms with Crippen LogP contribution in [-0.4, -0.2) is 37.3 Å². The van der Waals surface area contributed by atoms with E-state index in [-0.39, 0.29) is 12.5 Å². The molecule has 2 aromatic heterocycles. The summed E-state index contributed by atoms with van der Waals surface area (Å²) in [7, 11) is 0. The number of benzene rings is 1. The van der Waals surface area contributed by atoms with Gasteiger partial charge in [0.25, 0.3) is 0 Å². The summed E-state index contributed by atoms with van der Waals surface area (Å²) in [6.07, 6.45) is 5.44. The molecule has 8 heteroatoms. The van der Waals surface area contributed by atoms with Crippen molar-refractivity contribution < 1.29 is 9.90 Å². The largest absolute Gasteiger partial charge is 0.390 e. The van der Waals surface area contributed by atoms with Gasteiger partial charge in [-0.1, -0.05) is 19.3 Å². The van der Waals surface area contributed by atoms with Gasteiger partial charge < -0.3 is 15.7 Å². The molecule has 29 heavy (non-hydrogen) atoms. The standard InChI is InChI=1S/C21H24N6O2/c1-3-4-9-22-21-19(14-28)26-18(13-23-21)6-5-10-27-20-8-7-17(25-15(2)29)11-16(20)12-24-27/h7-8,11-13,28H,3-4,9-10,14H2,1-2H3,(H,22,23)(H,25,29). The first kappa shape index (κ1) is 20.3. The summed E-state index contributed by atoms with van der Waals surface area (Å²) in [5.41, 5.74) is 2.64. The van der Waals surface area contributed by atoms with Gasteiger partial charge in [0.1, 0.15) is 23.8 Å². The maximum absolute atomic E-state index is 11.2. The van der Waals surface area contributed by atoms with Gasteiger partial charge in [-0.3, -0.25) is 9.48 Å². The lowest BCUT2D eigenvalue weighted by atomic mass is 10.2. The van der Waals surface area contributed by atoms with Gasteiger partial charge in [0, 0.05) is 24.5 Å². The molecule has 0 saturated carbocycles. The summed E-state index contributed by atoms with van der Waals surface area (Å²) in [4.78, 5) is 19.9. The molecule has 0 aliphatic heterocycles. The van der Waals surface area contributed by atoms with Crippen LogP contribution in [0.2, 0.25) is 0 Å². The molecular formula is C21H24N6O2. The minimum Gasteiger partial charge on any atom is -0.390 e. The van der Waals surface area contributed by atoms with Crippen molar-refractivity contribution in [2.24, 2.45) is 0 Å². The fourth-order valence-corrected chi connectivity index (χ4v) is 2.83. The van der Waals surface area contributed by atoms with E-state index in [2.05, 4.69) is 44.5 Å². The highest BCUT2D eigenvalue weighted by Crippen LogP contribution is 2.19. The molecule has 3 aromatic rings. The Balaban J connectivity index is 1.71. The predicted molar refractivity (Wildman–Crippen MR) is 112 cm³/mol. The molecule has 0 aliphatic rings. The molecule has 0 radical (unpaired) electrons. The van der Waals surface area contributed by atoms with E-state index in [1.807, 2.05) is 18.2 Å². The summed E-state index contributed by atoms with van der Waals surface area (Å²) in [6.45, 7) is 4.57. The fourth-order valence-electron chi connectivity index (χ4n) is 2.83. The van der Waals surface area contributed by atoms with Crippen molar-refractivity contribution in [2.45, 2.75) is 39.8 Å². The van der Waals surface area contributed by atoms with Crippen molar-refractivity contribution >= 4 is 28.3 Å². The van der Waals surface area contributed by atoms with Crippen molar-refractivity contribution in [3.63, 3.8) is 0 Å². The Hall–Kier alpha value is -3.44. The number of rotatable bonds is 7. The van der Waals surface area contributed by atoms with Crippen molar-refractivity contribution in [3.8, 4) is 11.8 Å². The molecule has 0 saturated heterocycles. The molecule has 150 valence electrons. The number of nitrogens with zero attached hydrogens (tertiary/aromatic N) is 4. The zero-order valence-corrected chi connectivity index (χ0v) is 16.6. The number of unbranched alkanes of at least 4 members (excludes halogenated alkanes) is 1. The number of aliphatic hydroxyl groups excluding tert-OH is 1. The number of carbonyl (C=O) groups is 1. The molecule has 0 atom stereocenters. The number of aromatic nitrogens is 4. The van der Waals surface area contributed by atoms with E-state index < -0.39 is 0 Å². The molecular weight excluding hydrogens is 368 g/mol. The molecule has 0 unspecified atom stereocenters. The van der Waals surface area contributed by atoms with E-state index in [1.165, 1.54) is 6.92 Å². The van der Waals surface area contributed by atoms with Crippen LogP contribution in [0.3, 0.4) is 0 Å². The smallest absolute Gasteiger partial charge is 0.221 e. The van der Waals surface area contributed by atoms with E-state index in [9.17, 15) is 9.90 Å². The second kappa shape index (κ2) is 9.66. The summed E-state index contributed by atoms with van der Waals surface area (Å²) in [5.74, 6) is 6.50. The summed E-state index contributed by atoms with van der Waals surface area (Å²) < 4.78 is 1.78. The second-order valence-electron chi connectivity index (χ2n) is 6.55. The van der Waals surface area contributed by atoms with Crippen LogP contribution in [-0.2, 0) is 17.9 Å². The fraction of sp³-hybridized carbons (Fsp3) is 0.333. The maximum Gasteiger partial charge on any atom is 0.221 e. The van der Waals surface area contributed by atoms with Crippen LogP contribution in [0.4, 0.5) is 11.5 Å². The summed E-state index contributed by atoms with van der Waals surface area (Å²) >= 11 is 0. The Morgan fingerprint density at radius 2 is 2.17 bits per heavy atom. The van der Waals surface area contributed by atoms with Crippen LogP contribution in [0.15, 0.2) is 30.6 Å². The minimum absolute atomic E-state index is 0.113. The number of hydrogen-bond donors (Lipinski definition) is 3. The number of amides is 1. The normalized spacial score (nSPS) is 10.4. The first-order chi connectivity index (χ1) is 14.1. The van der Waals surface area contributed by atoms with E-state index in [4.69, 9.17) is 0 Å². The third kappa shape index (κ3) is 5.30. The third-order valence-electron chi connectivity index (χ3n) is 4.22. The van der Waals surface area contributed by atoms with Crippen molar-refractivity contribution in [1.82, 2.24) is 19.7 Å². The summed E-state index contributed by atoms with van der Waals surface area (Å²) in [5, 5.41) is 20.8. The van der Waals surface area contributed by atoms with E-state index >= 15 is 0 Å². The molecule has 8 nitrogen and oxygen atoms in total. The number of fused-ring (bicyclic) bond motifs is 1. The second-order valence-corrected chi connectivity index (χ2v) is 6.55. The summed E-state index contributed by atoms with van der Waals surface area (Å²) in [6, 6.07) is 5.60. The van der Waals surface area contributed by atoms with Gasteiger partial charge in [-0.25, -0.2) is 9.97 Å². The SMILES string of the molecule is CCCCNc1ncc(C#CCn2ncc3cc(NC(C)=O)ccc32)nc1CO. The van der Waals surface area contributed by atoms with Gasteiger partial charge in [-0.2, -0.15) is 5.10 Å². The van der Waals surface area contributed by atoms with Crippen LogP contribution < -0.4 is 10.6 Å². The third-order valence-corrected chi connectivity index (χ3v) is 4.22. The number of nitrogens with one attached hydrogen (secondary N) is 2. The monoisotopic (exact) mass is 392 g/mol. The van der Waals surface area contributed by atoms with Crippen LogP contribution in [0.25, 0.3) is 10.9 Å². The quantitative estimate of drug-likeness (QED) is 0.422. The molecule has 0 bridgehead atoms. The van der Waals surface area contributed by atoms with Crippen LogP contribution >= 0.6 is 0 Å². The lowest BCUT2D eigenvalue weighted by Gasteiger charge is -2.08.